The number of hydrogen-bond acceptors (Lipinski definition) is 3. The van der Waals surface area contributed by atoms with E-state index in [1.807, 2.05) is 0 Å². The van der Waals surface area contributed by atoms with Gasteiger partial charge in [0, 0.05) is 39.3 Å². The maximum absolute atomic E-state index is 11.8. The van der Waals surface area contributed by atoms with Crippen LogP contribution < -0.4 is 5.32 Å². The summed E-state index contributed by atoms with van der Waals surface area (Å²) in [5.74, 6) is 0.664. The Labute approximate surface area is 128 Å². The van der Waals surface area contributed by atoms with E-state index in [1.54, 1.807) is 0 Å². The quantitative estimate of drug-likeness (QED) is 0.863. The molecule has 0 aliphatic carbocycles. The van der Waals surface area contributed by atoms with E-state index in [2.05, 4.69) is 59.3 Å². The number of piperazine rings is 1. The van der Waals surface area contributed by atoms with E-state index in [0.29, 0.717) is 12.5 Å². The Kier molecular flexibility index (Phi) is 6.21. The molecule has 0 spiro atoms. The summed E-state index contributed by atoms with van der Waals surface area (Å²) in [4.78, 5) is 16.5. The summed E-state index contributed by atoms with van der Waals surface area (Å²) in [6.07, 6.45) is 0. The second-order valence-electron chi connectivity index (χ2n) is 6.24. The first kappa shape index (κ1) is 16.0. The molecule has 1 aliphatic rings. The first-order valence-electron chi connectivity index (χ1n) is 7.89. The summed E-state index contributed by atoms with van der Waals surface area (Å²) in [5, 5.41) is 2.99. The third-order valence-corrected chi connectivity index (χ3v) is 3.79. The fourth-order valence-corrected chi connectivity index (χ4v) is 2.52. The van der Waals surface area contributed by atoms with Crippen molar-refractivity contribution in [2.75, 3.05) is 39.3 Å². The lowest BCUT2D eigenvalue weighted by atomic mass is 10.2. The summed E-state index contributed by atoms with van der Waals surface area (Å²) in [6.45, 7) is 10.6. The van der Waals surface area contributed by atoms with Crippen molar-refractivity contribution >= 4 is 5.91 Å². The number of benzene rings is 1. The molecule has 1 fully saturated rings. The van der Waals surface area contributed by atoms with Crippen LogP contribution in [0.15, 0.2) is 30.3 Å². The lowest BCUT2D eigenvalue weighted by molar-refractivity contribution is -0.122. The van der Waals surface area contributed by atoms with Gasteiger partial charge in [0.25, 0.3) is 0 Å². The number of carbonyl (C=O) groups is 1. The highest BCUT2D eigenvalue weighted by molar-refractivity contribution is 5.78. The van der Waals surface area contributed by atoms with Crippen LogP contribution in [0.3, 0.4) is 0 Å². The minimum absolute atomic E-state index is 0.153. The molecule has 0 radical (unpaired) electrons. The molecule has 0 bridgehead atoms. The number of carbonyl (C=O) groups excluding carboxylic acids is 1. The highest BCUT2D eigenvalue weighted by Gasteiger charge is 2.18. The van der Waals surface area contributed by atoms with Crippen molar-refractivity contribution in [2.45, 2.75) is 20.4 Å². The van der Waals surface area contributed by atoms with Crippen LogP contribution >= 0.6 is 0 Å². The molecule has 4 nitrogen and oxygen atoms in total. The van der Waals surface area contributed by atoms with Crippen LogP contribution in [-0.2, 0) is 11.3 Å². The number of hydrogen-bond donors (Lipinski definition) is 1. The van der Waals surface area contributed by atoms with Crippen LogP contribution in [0.25, 0.3) is 0 Å². The van der Waals surface area contributed by atoms with E-state index in [-0.39, 0.29) is 5.91 Å². The molecule has 0 atom stereocenters. The fourth-order valence-electron chi connectivity index (χ4n) is 2.52. The summed E-state index contributed by atoms with van der Waals surface area (Å²) < 4.78 is 0. The smallest absolute Gasteiger partial charge is 0.234 e. The molecule has 1 aromatic rings. The second kappa shape index (κ2) is 8.15. The molecule has 4 heteroatoms. The molecule has 116 valence electrons. The monoisotopic (exact) mass is 289 g/mol. The van der Waals surface area contributed by atoms with E-state index in [0.717, 1.165) is 39.3 Å². The standard InChI is InChI=1S/C17H27N3O/c1-15(2)12-18-17(21)14-20-10-8-19(9-11-20)13-16-6-4-3-5-7-16/h3-7,15H,8-14H2,1-2H3,(H,18,21). The van der Waals surface area contributed by atoms with Crippen molar-refractivity contribution in [3.63, 3.8) is 0 Å². The van der Waals surface area contributed by atoms with Crippen molar-refractivity contribution in [2.24, 2.45) is 5.92 Å². The molecular weight excluding hydrogens is 262 g/mol. The Morgan fingerprint density at radius 2 is 1.71 bits per heavy atom. The van der Waals surface area contributed by atoms with Crippen LogP contribution in [0.5, 0.6) is 0 Å². The zero-order valence-electron chi connectivity index (χ0n) is 13.2. The third-order valence-electron chi connectivity index (χ3n) is 3.79. The van der Waals surface area contributed by atoms with E-state index in [9.17, 15) is 4.79 Å². The van der Waals surface area contributed by atoms with Crippen molar-refractivity contribution < 1.29 is 4.79 Å². The minimum atomic E-state index is 0.153. The topological polar surface area (TPSA) is 35.6 Å². The molecule has 0 saturated carbocycles. The van der Waals surface area contributed by atoms with Gasteiger partial charge in [-0.2, -0.15) is 0 Å². The predicted octanol–water partition coefficient (Wildman–Crippen LogP) is 1.58. The zero-order valence-corrected chi connectivity index (χ0v) is 13.2. The predicted molar refractivity (Wildman–Crippen MR) is 86.0 cm³/mol. The van der Waals surface area contributed by atoms with Gasteiger partial charge >= 0.3 is 0 Å². The molecule has 0 aromatic heterocycles. The number of rotatable bonds is 6. The van der Waals surface area contributed by atoms with E-state index in [1.165, 1.54) is 5.56 Å². The Bertz CT molecular complexity index is 425. The van der Waals surface area contributed by atoms with Crippen molar-refractivity contribution in [1.29, 1.82) is 0 Å². The van der Waals surface area contributed by atoms with E-state index in [4.69, 9.17) is 0 Å². The van der Waals surface area contributed by atoms with Gasteiger partial charge in [-0.1, -0.05) is 44.2 Å². The Balaban J connectivity index is 1.67. The van der Waals surface area contributed by atoms with Crippen molar-refractivity contribution in [1.82, 2.24) is 15.1 Å². The van der Waals surface area contributed by atoms with Gasteiger partial charge in [-0.3, -0.25) is 14.6 Å². The molecule has 1 amide bonds. The largest absolute Gasteiger partial charge is 0.355 e. The van der Waals surface area contributed by atoms with Gasteiger partial charge in [-0.05, 0) is 11.5 Å². The van der Waals surface area contributed by atoms with Crippen LogP contribution in [-0.4, -0.2) is 55.0 Å². The van der Waals surface area contributed by atoms with Gasteiger partial charge in [0.1, 0.15) is 0 Å². The van der Waals surface area contributed by atoms with Crippen LogP contribution in [0, 0.1) is 5.92 Å². The van der Waals surface area contributed by atoms with Gasteiger partial charge < -0.3 is 5.32 Å². The molecule has 21 heavy (non-hydrogen) atoms. The summed E-state index contributed by atoms with van der Waals surface area (Å²) in [6, 6.07) is 10.6. The van der Waals surface area contributed by atoms with E-state index >= 15 is 0 Å². The summed E-state index contributed by atoms with van der Waals surface area (Å²) >= 11 is 0. The minimum Gasteiger partial charge on any atom is -0.355 e. The third kappa shape index (κ3) is 5.86. The number of nitrogens with zero attached hydrogens (tertiary/aromatic N) is 2. The number of amides is 1. The molecule has 1 N–H and O–H groups in total. The molecule has 1 saturated heterocycles. The zero-order chi connectivity index (χ0) is 15.1. The Morgan fingerprint density at radius 3 is 2.33 bits per heavy atom. The lowest BCUT2D eigenvalue weighted by Gasteiger charge is -2.34. The lowest BCUT2D eigenvalue weighted by Crippen LogP contribution is -2.49. The average Bonchev–Trinajstić information content (AvgIpc) is 2.48. The molecular formula is C17H27N3O. The Hall–Kier alpha value is -1.39. The van der Waals surface area contributed by atoms with Crippen LogP contribution in [0.2, 0.25) is 0 Å². The van der Waals surface area contributed by atoms with E-state index < -0.39 is 0 Å². The molecule has 1 aliphatic heterocycles. The van der Waals surface area contributed by atoms with Gasteiger partial charge in [-0.25, -0.2) is 0 Å². The highest BCUT2D eigenvalue weighted by Crippen LogP contribution is 2.08. The van der Waals surface area contributed by atoms with Crippen LogP contribution in [0.1, 0.15) is 19.4 Å². The fraction of sp³-hybridized carbons (Fsp3) is 0.588. The number of nitrogens with one attached hydrogen (secondary N) is 1. The van der Waals surface area contributed by atoms with Gasteiger partial charge in [0.2, 0.25) is 5.91 Å². The first-order chi connectivity index (χ1) is 10.1. The summed E-state index contributed by atoms with van der Waals surface area (Å²) in [5.41, 5.74) is 1.36. The highest BCUT2D eigenvalue weighted by atomic mass is 16.2. The van der Waals surface area contributed by atoms with Gasteiger partial charge in [0.15, 0.2) is 0 Å². The molecule has 1 heterocycles. The molecule has 2 rings (SSSR count). The van der Waals surface area contributed by atoms with Crippen LogP contribution in [0.4, 0.5) is 0 Å². The van der Waals surface area contributed by atoms with Gasteiger partial charge in [0.05, 0.1) is 6.54 Å². The average molecular weight is 289 g/mol. The van der Waals surface area contributed by atoms with Gasteiger partial charge in [-0.15, -0.1) is 0 Å². The first-order valence-corrected chi connectivity index (χ1v) is 7.89. The second-order valence-corrected chi connectivity index (χ2v) is 6.24. The maximum atomic E-state index is 11.8. The van der Waals surface area contributed by atoms with Crippen molar-refractivity contribution in [3.05, 3.63) is 35.9 Å². The normalized spacial score (nSPS) is 17.1. The molecule has 1 aromatic carbocycles. The molecule has 0 unspecified atom stereocenters. The summed E-state index contributed by atoms with van der Waals surface area (Å²) in [7, 11) is 0. The Morgan fingerprint density at radius 1 is 1.10 bits per heavy atom. The SMILES string of the molecule is CC(C)CNC(=O)CN1CCN(Cc2ccccc2)CC1. The maximum Gasteiger partial charge on any atom is 0.234 e. The van der Waals surface area contributed by atoms with Crippen molar-refractivity contribution in [3.8, 4) is 0 Å².